The molecule has 1 N–H and O–H groups in total. The third-order valence-corrected chi connectivity index (χ3v) is 5.82. The molecule has 4 aliphatic carbocycles. The Balaban J connectivity index is 1.51. The van der Waals surface area contributed by atoms with Gasteiger partial charge in [0, 0.05) is 12.3 Å². The first-order chi connectivity index (χ1) is 9.69. The lowest BCUT2D eigenvalue weighted by Crippen LogP contribution is -2.43. The summed E-state index contributed by atoms with van der Waals surface area (Å²) in [5, 5.41) is 8.75. The van der Waals surface area contributed by atoms with Crippen molar-refractivity contribution in [3.63, 3.8) is 0 Å². The number of rotatable bonds is 4. The Morgan fingerprint density at radius 1 is 1.10 bits per heavy atom. The van der Waals surface area contributed by atoms with Crippen LogP contribution in [0.25, 0.3) is 0 Å². The van der Waals surface area contributed by atoms with E-state index in [9.17, 15) is 4.79 Å². The molecule has 4 fully saturated rings. The quantitative estimate of drug-likeness (QED) is 0.907. The zero-order valence-corrected chi connectivity index (χ0v) is 11.8. The monoisotopic (exact) mass is 274 g/mol. The van der Waals surface area contributed by atoms with Gasteiger partial charge in [-0.1, -0.05) is 0 Å². The van der Waals surface area contributed by atoms with Crippen molar-refractivity contribution in [2.45, 2.75) is 50.9 Å². The summed E-state index contributed by atoms with van der Waals surface area (Å²) < 4.78 is 6.00. The van der Waals surface area contributed by atoms with Gasteiger partial charge in [0.25, 0.3) is 0 Å². The number of aryl methyl sites for hydroxylation is 1. The summed E-state index contributed by atoms with van der Waals surface area (Å²) in [5.74, 6) is 5.45. The maximum atomic E-state index is 10.6. The van der Waals surface area contributed by atoms with Crippen LogP contribution >= 0.6 is 0 Å². The Labute approximate surface area is 119 Å². The van der Waals surface area contributed by atoms with E-state index in [-0.39, 0.29) is 6.42 Å². The number of furan rings is 1. The number of carboxylic acid groups (broad SMARTS) is 1. The molecule has 3 nitrogen and oxygen atoms in total. The van der Waals surface area contributed by atoms with Gasteiger partial charge in [0.2, 0.25) is 0 Å². The van der Waals surface area contributed by atoms with Gasteiger partial charge in [0.1, 0.15) is 11.5 Å². The standard InChI is InChI=1S/C17H22O3/c18-16(19)4-2-14-1-3-15(20-14)17-12-6-10-5-11(8-12)9-13(17)7-10/h1,3,10-13,17H,2,4-9H2,(H,18,19). The van der Waals surface area contributed by atoms with Crippen LogP contribution in [0.1, 0.15) is 56.0 Å². The third kappa shape index (κ3) is 2.07. The van der Waals surface area contributed by atoms with Crippen LogP contribution in [0.4, 0.5) is 0 Å². The smallest absolute Gasteiger partial charge is 0.303 e. The topological polar surface area (TPSA) is 50.4 Å². The molecular weight excluding hydrogens is 252 g/mol. The van der Waals surface area contributed by atoms with Crippen molar-refractivity contribution in [1.29, 1.82) is 0 Å². The van der Waals surface area contributed by atoms with Gasteiger partial charge in [0.05, 0.1) is 6.42 Å². The van der Waals surface area contributed by atoms with Gasteiger partial charge in [-0.05, 0) is 67.9 Å². The highest BCUT2D eigenvalue weighted by Gasteiger charge is 2.49. The Kier molecular flexibility index (Phi) is 2.90. The fourth-order valence-electron chi connectivity index (χ4n) is 5.33. The van der Waals surface area contributed by atoms with Crippen LogP contribution < -0.4 is 0 Å². The second-order valence-electron chi connectivity index (χ2n) is 7.15. The van der Waals surface area contributed by atoms with E-state index < -0.39 is 5.97 Å². The molecule has 0 saturated heterocycles. The molecule has 0 aliphatic heterocycles. The number of hydrogen-bond donors (Lipinski definition) is 1. The van der Waals surface area contributed by atoms with Crippen LogP contribution in [-0.4, -0.2) is 11.1 Å². The minimum atomic E-state index is -0.752. The normalized spacial score (nSPS) is 38.3. The average Bonchev–Trinajstić information content (AvgIpc) is 2.83. The molecule has 0 radical (unpaired) electrons. The molecule has 3 heteroatoms. The fraction of sp³-hybridized carbons (Fsp3) is 0.706. The van der Waals surface area contributed by atoms with Gasteiger partial charge < -0.3 is 9.52 Å². The van der Waals surface area contributed by atoms with E-state index in [4.69, 9.17) is 9.52 Å². The summed E-state index contributed by atoms with van der Waals surface area (Å²) in [4.78, 5) is 10.6. The van der Waals surface area contributed by atoms with Crippen molar-refractivity contribution in [3.8, 4) is 0 Å². The highest BCUT2D eigenvalue weighted by atomic mass is 16.4. The predicted octanol–water partition coefficient (Wildman–Crippen LogP) is 3.84. The first-order valence-corrected chi connectivity index (χ1v) is 7.99. The summed E-state index contributed by atoms with van der Waals surface area (Å²) in [6.45, 7) is 0. The first kappa shape index (κ1) is 12.5. The van der Waals surface area contributed by atoms with Crippen LogP contribution in [-0.2, 0) is 11.2 Å². The molecule has 20 heavy (non-hydrogen) atoms. The van der Waals surface area contributed by atoms with Crippen molar-refractivity contribution < 1.29 is 14.3 Å². The van der Waals surface area contributed by atoms with E-state index in [0.717, 1.165) is 35.2 Å². The Bertz CT molecular complexity index is 488. The second-order valence-corrected chi connectivity index (χ2v) is 7.15. The molecule has 5 rings (SSSR count). The van der Waals surface area contributed by atoms with E-state index in [1.54, 1.807) is 0 Å². The molecule has 4 bridgehead atoms. The Hall–Kier alpha value is -1.25. The molecule has 1 heterocycles. The van der Waals surface area contributed by atoms with E-state index >= 15 is 0 Å². The van der Waals surface area contributed by atoms with Crippen LogP contribution in [0, 0.1) is 23.7 Å². The van der Waals surface area contributed by atoms with Crippen LogP contribution in [0.5, 0.6) is 0 Å². The molecule has 108 valence electrons. The molecule has 1 aromatic heterocycles. The lowest BCUT2D eigenvalue weighted by atomic mass is 9.51. The van der Waals surface area contributed by atoms with Gasteiger partial charge >= 0.3 is 5.97 Å². The highest BCUT2D eigenvalue weighted by molar-refractivity contribution is 5.66. The molecule has 0 atom stereocenters. The van der Waals surface area contributed by atoms with Crippen molar-refractivity contribution in [2.24, 2.45) is 23.7 Å². The molecular formula is C17H22O3. The molecule has 1 aromatic rings. The number of carboxylic acids is 1. The van der Waals surface area contributed by atoms with Gasteiger partial charge in [-0.25, -0.2) is 0 Å². The summed E-state index contributed by atoms with van der Waals surface area (Å²) in [7, 11) is 0. The maximum absolute atomic E-state index is 10.6. The van der Waals surface area contributed by atoms with Crippen molar-refractivity contribution >= 4 is 5.97 Å². The van der Waals surface area contributed by atoms with E-state index in [2.05, 4.69) is 6.07 Å². The van der Waals surface area contributed by atoms with E-state index in [0.29, 0.717) is 12.3 Å². The minimum absolute atomic E-state index is 0.161. The summed E-state index contributed by atoms with van der Waals surface area (Å²) >= 11 is 0. The van der Waals surface area contributed by atoms with E-state index in [1.165, 1.54) is 32.1 Å². The predicted molar refractivity (Wildman–Crippen MR) is 74.5 cm³/mol. The molecule has 4 aliphatic rings. The SMILES string of the molecule is O=C(O)CCc1ccc(C2C3CC4CC(C3)CC2C4)o1. The summed E-state index contributed by atoms with van der Waals surface area (Å²) in [5.41, 5.74) is 0. The second kappa shape index (κ2) is 4.64. The molecule has 0 unspecified atom stereocenters. The van der Waals surface area contributed by atoms with Crippen LogP contribution in [0.15, 0.2) is 16.5 Å². The summed E-state index contributed by atoms with van der Waals surface area (Å²) in [6.07, 6.45) is 7.72. The fourth-order valence-corrected chi connectivity index (χ4v) is 5.33. The largest absolute Gasteiger partial charge is 0.481 e. The van der Waals surface area contributed by atoms with Gasteiger partial charge in [-0.15, -0.1) is 0 Å². The van der Waals surface area contributed by atoms with Crippen LogP contribution in [0.3, 0.4) is 0 Å². The number of hydrogen-bond acceptors (Lipinski definition) is 2. The third-order valence-electron chi connectivity index (χ3n) is 5.82. The van der Waals surface area contributed by atoms with Gasteiger partial charge in [-0.3, -0.25) is 4.79 Å². The van der Waals surface area contributed by atoms with Gasteiger partial charge in [0.15, 0.2) is 0 Å². The number of carbonyl (C=O) groups is 1. The lowest BCUT2D eigenvalue weighted by Gasteiger charge is -2.53. The number of aliphatic carboxylic acids is 1. The molecule has 0 aromatic carbocycles. The van der Waals surface area contributed by atoms with Crippen molar-refractivity contribution in [2.75, 3.05) is 0 Å². The summed E-state index contributed by atoms with van der Waals surface area (Å²) in [6, 6.07) is 4.10. The minimum Gasteiger partial charge on any atom is -0.481 e. The maximum Gasteiger partial charge on any atom is 0.303 e. The van der Waals surface area contributed by atoms with E-state index in [1.807, 2.05) is 6.07 Å². The lowest BCUT2D eigenvalue weighted by molar-refractivity contribution is -0.137. The Morgan fingerprint density at radius 3 is 2.35 bits per heavy atom. The molecule has 4 saturated carbocycles. The molecule has 0 spiro atoms. The average molecular weight is 274 g/mol. The van der Waals surface area contributed by atoms with Crippen LogP contribution in [0.2, 0.25) is 0 Å². The highest BCUT2D eigenvalue weighted by Crippen LogP contribution is 2.59. The first-order valence-electron chi connectivity index (χ1n) is 7.99. The van der Waals surface area contributed by atoms with Crippen molar-refractivity contribution in [3.05, 3.63) is 23.7 Å². The van der Waals surface area contributed by atoms with Gasteiger partial charge in [-0.2, -0.15) is 0 Å². The zero-order chi connectivity index (χ0) is 13.7. The molecule has 0 amide bonds. The van der Waals surface area contributed by atoms with Crippen molar-refractivity contribution in [1.82, 2.24) is 0 Å². The Morgan fingerprint density at radius 2 is 1.75 bits per heavy atom. The zero-order valence-electron chi connectivity index (χ0n) is 11.8.